The van der Waals surface area contributed by atoms with Gasteiger partial charge in [-0.2, -0.15) is 0 Å². The topological polar surface area (TPSA) is 20.3 Å². The zero-order valence-electron chi connectivity index (χ0n) is 12.9. The Morgan fingerprint density at radius 3 is 2.55 bits per heavy atom. The second kappa shape index (κ2) is 7.58. The van der Waals surface area contributed by atoms with Gasteiger partial charge in [-0.15, -0.1) is 0 Å². The van der Waals surface area contributed by atoms with Crippen molar-refractivity contribution < 1.29 is 4.79 Å². The highest BCUT2D eigenvalue weighted by atomic mass is 16.1. The minimum absolute atomic E-state index is 0.289. The van der Waals surface area contributed by atoms with E-state index < -0.39 is 0 Å². The van der Waals surface area contributed by atoms with Crippen molar-refractivity contribution in [2.24, 2.45) is 0 Å². The molecule has 1 saturated carbocycles. The van der Waals surface area contributed by atoms with Gasteiger partial charge in [-0.05, 0) is 31.9 Å². The van der Waals surface area contributed by atoms with Crippen LogP contribution in [0, 0.1) is 6.92 Å². The first kappa shape index (κ1) is 15.2. The van der Waals surface area contributed by atoms with Gasteiger partial charge in [0.15, 0.2) is 5.78 Å². The quantitative estimate of drug-likeness (QED) is 0.723. The molecule has 1 aliphatic rings. The third-order valence-corrected chi connectivity index (χ3v) is 4.57. The molecule has 0 aromatic heterocycles. The molecular weight excluding hydrogens is 246 g/mol. The van der Waals surface area contributed by atoms with Crippen LogP contribution in [0.3, 0.4) is 0 Å². The molecule has 1 aromatic carbocycles. The van der Waals surface area contributed by atoms with Crippen LogP contribution < -0.4 is 0 Å². The molecule has 0 aliphatic heterocycles. The molecule has 2 heteroatoms. The van der Waals surface area contributed by atoms with Crippen LogP contribution in [0.2, 0.25) is 0 Å². The molecule has 0 bridgehead atoms. The van der Waals surface area contributed by atoms with Gasteiger partial charge in [0.1, 0.15) is 0 Å². The average Bonchev–Trinajstić information content (AvgIpc) is 2.49. The maximum Gasteiger partial charge on any atom is 0.164 e. The Labute approximate surface area is 123 Å². The Morgan fingerprint density at radius 2 is 1.90 bits per heavy atom. The number of hydrogen-bond acceptors (Lipinski definition) is 2. The highest BCUT2D eigenvalue weighted by Crippen LogP contribution is 2.23. The molecule has 1 aromatic rings. The average molecular weight is 273 g/mol. The smallest absolute Gasteiger partial charge is 0.164 e. The summed E-state index contributed by atoms with van der Waals surface area (Å²) >= 11 is 0. The Morgan fingerprint density at radius 1 is 1.20 bits per heavy atom. The van der Waals surface area contributed by atoms with E-state index in [4.69, 9.17) is 0 Å². The van der Waals surface area contributed by atoms with E-state index in [9.17, 15) is 4.79 Å². The fourth-order valence-corrected chi connectivity index (χ4v) is 3.31. The lowest BCUT2D eigenvalue weighted by atomic mass is 9.93. The third-order valence-electron chi connectivity index (χ3n) is 4.57. The van der Waals surface area contributed by atoms with Crippen molar-refractivity contribution in [3.63, 3.8) is 0 Å². The Balaban J connectivity index is 1.89. The van der Waals surface area contributed by atoms with Gasteiger partial charge < -0.3 is 4.90 Å². The zero-order chi connectivity index (χ0) is 14.4. The van der Waals surface area contributed by atoms with E-state index in [0.717, 1.165) is 24.2 Å². The lowest BCUT2D eigenvalue weighted by Gasteiger charge is -2.33. The van der Waals surface area contributed by atoms with Crippen molar-refractivity contribution in [2.75, 3.05) is 13.1 Å². The second-order valence-corrected chi connectivity index (χ2v) is 5.91. The largest absolute Gasteiger partial charge is 0.300 e. The summed E-state index contributed by atoms with van der Waals surface area (Å²) in [6, 6.07) is 8.63. The van der Waals surface area contributed by atoms with Crippen molar-refractivity contribution in [1.29, 1.82) is 0 Å². The van der Waals surface area contributed by atoms with Crippen LogP contribution in [-0.2, 0) is 0 Å². The first-order valence-electron chi connectivity index (χ1n) is 8.05. The van der Waals surface area contributed by atoms with Crippen molar-refractivity contribution in [2.45, 2.75) is 58.4 Å². The predicted molar refractivity (Wildman–Crippen MR) is 84.2 cm³/mol. The molecule has 0 amide bonds. The minimum atomic E-state index is 0.289. The lowest BCUT2D eigenvalue weighted by molar-refractivity contribution is 0.0939. The molecule has 0 unspecified atom stereocenters. The summed E-state index contributed by atoms with van der Waals surface area (Å²) in [6.45, 7) is 6.21. The molecule has 0 radical (unpaired) electrons. The summed E-state index contributed by atoms with van der Waals surface area (Å²) in [5.41, 5.74) is 1.99. The number of carbonyl (C=O) groups excluding carboxylic acids is 1. The van der Waals surface area contributed by atoms with Crippen LogP contribution in [0.5, 0.6) is 0 Å². The predicted octanol–water partition coefficient (Wildman–Crippen LogP) is 4.22. The molecule has 2 rings (SSSR count). The fourth-order valence-electron chi connectivity index (χ4n) is 3.31. The lowest BCUT2D eigenvalue weighted by Crippen LogP contribution is -2.38. The third kappa shape index (κ3) is 3.92. The number of Topliss-reactive ketones (excluding diaryl/α,β-unsaturated/α-hetero) is 1. The Kier molecular flexibility index (Phi) is 5.78. The van der Waals surface area contributed by atoms with Crippen LogP contribution in [0.4, 0.5) is 0 Å². The van der Waals surface area contributed by atoms with E-state index in [2.05, 4.69) is 11.8 Å². The summed E-state index contributed by atoms with van der Waals surface area (Å²) < 4.78 is 0. The number of nitrogens with zero attached hydrogens (tertiary/aromatic N) is 1. The van der Waals surface area contributed by atoms with Gasteiger partial charge in [0.2, 0.25) is 0 Å². The van der Waals surface area contributed by atoms with Crippen LogP contribution in [-0.4, -0.2) is 29.8 Å². The number of rotatable bonds is 6. The van der Waals surface area contributed by atoms with Crippen molar-refractivity contribution in [3.05, 3.63) is 35.4 Å². The van der Waals surface area contributed by atoms with Gasteiger partial charge in [0.05, 0.1) is 0 Å². The maximum absolute atomic E-state index is 12.3. The van der Waals surface area contributed by atoms with Crippen molar-refractivity contribution in [3.8, 4) is 0 Å². The first-order valence-corrected chi connectivity index (χ1v) is 8.05. The SMILES string of the molecule is CCN(CCC(=O)c1ccccc1C)C1CCCCC1. The number of ketones is 1. The van der Waals surface area contributed by atoms with Gasteiger partial charge in [-0.3, -0.25) is 4.79 Å². The molecule has 0 atom stereocenters. The highest BCUT2D eigenvalue weighted by Gasteiger charge is 2.20. The van der Waals surface area contributed by atoms with Crippen LogP contribution in [0.1, 0.15) is 61.4 Å². The first-order chi connectivity index (χ1) is 9.72. The number of aryl methyl sites for hydroxylation is 1. The van der Waals surface area contributed by atoms with E-state index in [-0.39, 0.29) is 5.78 Å². The molecule has 0 heterocycles. The number of hydrogen-bond donors (Lipinski definition) is 0. The summed E-state index contributed by atoms with van der Waals surface area (Å²) in [4.78, 5) is 14.9. The van der Waals surface area contributed by atoms with Crippen LogP contribution >= 0.6 is 0 Å². The van der Waals surface area contributed by atoms with E-state index >= 15 is 0 Å². The monoisotopic (exact) mass is 273 g/mol. The molecule has 0 N–H and O–H groups in total. The fraction of sp³-hybridized carbons (Fsp3) is 0.611. The molecule has 1 aliphatic carbocycles. The maximum atomic E-state index is 12.3. The molecule has 2 nitrogen and oxygen atoms in total. The van der Waals surface area contributed by atoms with Gasteiger partial charge in [-0.1, -0.05) is 50.5 Å². The molecule has 1 fully saturated rings. The van der Waals surface area contributed by atoms with E-state index in [1.165, 1.54) is 32.1 Å². The summed E-state index contributed by atoms with van der Waals surface area (Å²) in [5.74, 6) is 0.289. The summed E-state index contributed by atoms with van der Waals surface area (Å²) in [6.07, 6.45) is 7.37. The summed E-state index contributed by atoms with van der Waals surface area (Å²) in [5, 5.41) is 0. The van der Waals surface area contributed by atoms with Gasteiger partial charge in [0.25, 0.3) is 0 Å². The van der Waals surface area contributed by atoms with Gasteiger partial charge in [0, 0.05) is 24.6 Å². The normalized spacial score (nSPS) is 16.6. The molecular formula is C18H27NO. The molecule has 110 valence electrons. The zero-order valence-corrected chi connectivity index (χ0v) is 12.9. The molecule has 0 saturated heterocycles. The van der Waals surface area contributed by atoms with Crippen molar-refractivity contribution >= 4 is 5.78 Å². The van der Waals surface area contributed by atoms with Gasteiger partial charge >= 0.3 is 0 Å². The summed E-state index contributed by atoms with van der Waals surface area (Å²) in [7, 11) is 0. The van der Waals surface area contributed by atoms with Crippen LogP contribution in [0.15, 0.2) is 24.3 Å². The minimum Gasteiger partial charge on any atom is -0.300 e. The van der Waals surface area contributed by atoms with E-state index in [0.29, 0.717) is 12.5 Å². The Hall–Kier alpha value is -1.15. The highest BCUT2D eigenvalue weighted by molar-refractivity contribution is 5.97. The molecule has 20 heavy (non-hydrogen) atoms. The number of carbonyl (C=O) groups is 1. The van der Waals surface area contributed by atoms with Crippen molar-refractivity contribution in [1.82, 2.24) is 4.90 Å². The number of benzene rings is 1. The molecule has 0 spiro atoms. The standard InChI is InChI=1S/C18H27NO/c1-3-19(16-10-5-4-6-11-16)14-13-18(20)17-12-8-7-9-15(17)2/h7-9,12,16H,3-6,10-11,13-14H2,1-2H3. The van der Waals surface area contributed by atoms with E-state index in [1.54, 1.807) is 0 Å². The second-order valence-electron chi connectivity index (χ2n) is 5.91. The Bertz CT molecular complexity index is 435. The van der Waals surface area contributed by atoms with Crippen LogP contribution in [0.25, 0.3) is 0 Å². The van der Waals surface area contributed by atoms with Gasteiger partial charge in [-0.25, -0.2) is 0 Å². The van der Waals surface area contributed by atoms with E-state index in [1.807, 2.05) is 31.2 Å².